The first-order valence-corrected chi connectivity index (χ1v) is 13.8. The van der Waals surface area contributed by atoms with Crippen molar-refractivity contribution in [3.63, 3.8) is 0 Å². The number of carbonyl (C=O) groups is 2. The summed E-state index contributed by atoms with van der Waals surface area (Å²) in [5.74, 6) is 1.06. The van der Waals surface area contributed by atoms with Gasteiger partial charge < -0.3 is 14.3 Å². The fourth-order valence-corrected chi connectivity index (χ4v) is 5.58. The van der Waals surface area contributed by atoms with E-state index in [9.17, 15) is 14.4 Å². The molecule has 1 N–H and O–H groups in total. The largest absolute Gasteiger partial charge is 0.438 e. The number of hydrogen-bond donors (Lipinski definition) is 1. The first-order valence-electron chi connectivity index (χ1n) is 13.8. The zero-order valence-electron chi connectivity index (χ0n) is 23.1. The number of benzene rings is 1. The highest BCUT2D eigenvalue weighted by molar-refractivity contribution is 5.87. The molecule has 4 rings (SSSR count). The molecule has 0 radical (unpaired) electrons. The van der Waals surface area contributed by atoms with Crippen molar-refractivity contribution < 1.29 is 14.0 Å². The number of aromatic nitrogens is 2. The average Bonchev–Trinajstić information content (AvgIpc) is 3.61. The third-order valence-corrected chi connectivity index (χ3v) is 8.08. The number of pyridine rings is 1. The van der Waals surface area contributed by atoms with E-state index in [1.807, 2.05) is 56.3 Å². The minimum absolute atomic E-state index is 0.00692. The van der Waals surface area contributed by atoms with Crippen molar-refractivity contribution in [1.29, 1.82) is 0 Å². The number of fused-ring (bicyclic) bond motifs is 1. The van der Waals surface area contributed by atoms with Crippen LogP contribution in [0.25, 0.3) is 22.2 Å². The van der Waals surface area contributed by atoms with Gasteiger partial charge in [0.15, 0.2) is 5.76 Å². The number of oxazole rings is 1. The highest BCUT2D eigenvalue weighted by Gasteiger charge is 2.44. The van der Waals surface area contributed by atoms with Gasteiger partial charge in [-0.1, -0.05) is 50.8 Å². The van der Waals surface area contributed by atoms with Crippen LogP contribution in [0.3, 0.4) is 0 Å². The predicted octanol–water partition coefficient (Wildman–Crippen LogP) is 5.15. The molecule has 38 heavy (non-hydrogen) atoms. The number of hydrogen-bond acceptors (Lipinski definition) is 6. The molecule has 0 bridgehead atoms. The number of amides is 1. The zero-order chi connectivity index (χ0) is 27.3. The normalized spacial score (nSPS) is 15.7. The van der Waals surface area contributed by atoms with Crippen LogP contribution in [0, 0.1) is 0 Å². The SMILES string of the molecule is CCC(=O)CCCCC[C@H](NC(=O)C1(N(C)C)CCCC1)c1ncc(-c2cc3ccccc3n(C)c2=O)o1. The van der Waals surface area contributed by atoms with E-state index in [1.165, 1.54) is 0 Å². The Hall–Kier alpha value is -3.26. The monoisotopic (exact) mass is 520 g/mol. The Morgan fingerprint density at radius 2 is 1.89 bits per heavy atom. The second-order valence-electron chi connectivity index (χ2n) is 10.7. The fourth-order valence-electron chi connectivity index (χ4n) is 5.58. The van der Waals surface area contributed by atoms with Crippen LogP contribution in [0.4, 0.5) is 0 Å². The van der Waals surface area contributed by atoms with Gasteiger partial charge in [-0.05, 0) is 57.3 Å². The molecule has 1 aromatic carbocycles. The van der Waals surface area contributed by atoms with Crippen LogP contribution in [0.5, 0.6) is 0 Å². The van der Waals surface area contributed by atoms with Gasteiger partial charge in [-0.25, -0.2) is 4.98 Å². The Balaban J connectivity index is 1.58. The number of aryl methyl sites for hydroxylation is 1. The summed E-state index contributed by atoms with van der Waals surface area (Å²) in [6.07, 6.45) is 9.61. The highest BCUT2D eigenvalue weighted by atomic mass is 16.4. The van der Waals surface area contributed by atoms with Gasteiger partial charge in [0.05, 0.1) is 22.8 Å². The molecule has 8 nitrogen and oxygen atoms in total. The Morgan fingerprint density at radius 1 is 1.16 bits per heavy atom. The van der Waals surface area contributed by atoms with Gasteiger partial charge in [0.25, 0.3) is 5.56 Å². The average molecular weight is 521 g/mol. The maximum absolute atomic E-state index is 13.6. The molecule has 1 fully saturated rings. The molecule has 2 heterocycles. The van der Waals surface area contributed by atoms with Crippen molar-refractivity contribution in [2.45, 2.75) is 82.7 Å². The molecule has 2 aromatic heterocycles. The van der Waals surface area contributed by atoms with E-state index in [0.717, 1.165) is 55.8 Å². The molecular weight excluding hydrogens is 480 g/mol. The number of ketones is 1. The maximum Gasteiger partial charge on any atom is 0.261 e. The zero-order valence-corrected chi connectivity index (χ0v) is 23.1. The highest BCUT2D eigenvalue weighted by Crippen LogP contribution is 2.35. The number of nitrogens with one attached hydrogen (secondary N) is 1. The number of carbonyl (C=O) groups excluding carboxylic acids is 2. The molecule has 1 amide bonds. The van der Waals surface area contributed by atoms with Crippen LogP contribution in [0.2, 0.25) is 0 Å². The summed E-state index contributed by atoms with van der Waals surface area (Å²) in [5.41, 5.74) is 0.590. The van der Waals surface area contributed by atoms with Crippen LogP contribution < -0.4 is 10.9 Å². The topological polar surface area (TPSA) is 97.4 Å². The van der Waals surface area contributed by atoms with Crippen LogP contribution >= 0.6 is 0 Å². The van der Waals surface area contributed by atoms with Crippen molar-refractivity contribution in [3.05, 3.63) is 52.8 Å². The predicted molar refractivity (Wildman–Crippen MR) is 149 cm³/mol. The van der Waals surface area contributed by atoms with Gasteiger partial charge in [-0.3, -0.25) is 19.3 Å². The van der Waals surface area contributed by atoms with E-state index in [2.05, 4.69) is 10.3 Å². The number of unbranched alkanes of at least 4 members (excludes halogenated alkanes) is 2. The molecule has 8 heteroatoms. The molecule has 1 aliphatic carbocycles. The second-order valence-corrected chi connectivity index (χ2v) is 10.7. The summed E-state index contributed by atoms with van der Waals surface area (Å²) in [4.78, 5) is 45.0. The third kappa shape index (κ3) is 5.75. The Kier molecular flexibility index (Phi) is 8.82. The van der Waals surface area contributed by atoms with Gasteiger partial charge in [0.2, 0.25) is 11.8 Å². The summed E-state index contributed by atoms with van der Waals surface area (Å²) in [5, 5.41) is 4.18. The van der Waals surface area contributed by atoms with E-state index in [-0.39, 0.29) is 17.2 Å². The summed E-state index contributed by atoms with van der Waals surface area (Å²) in [6, 6.07) is 9.13. The quantitative estimate of drug-likeness (QED) is 0.332. The Bertz CT molecular complexity index is 1330. The molecule has 0 spiro atoms. The summed E-state index contributed by atoms with van der Waals surface area (Å²) in [6.45, 7) is 1.89. The van der Waals surface area contributed by atoms with Gasteiger partial charge >= 0.3 is 0 Å². The lowest BCUT2D eigenvalue weighted by Gasteiger charge is -2.35. The standard InChI is InChI=1S/C30H40N4O4/c1-5-22(35)14-7-6-8-15-24(32-29(37)30(33(2)3)17-11-12-18-30)27-31-20-26(38-27)23-19-21-13-9-10-16-25(21)34(4)28(23)36/h9-10,13,16,19-20,24H,5-8,11-12,14-15,17-18H2,1-4H3,(H,32,37)/t24-/m0/s1. The molecule has 204 valence electrons. The summed E-state index contributed by atoms with van der Waals surface area (Å²) >= 11 is 0. The molecule has 0 unspecified atom stereocenters. The molecule has 0 aliphatic heterocycles. The number of nitrogens with zero attached hydrogens (tertiary/aromatic N) is 3. The van der Waals surface area contributed by atoms with Crippen LogP contribution in [0.15, 0.2) is 45.7 Å². The van der Waals surface area contributed by atoms with E-state index < -0.39 is 11.6 Å². The van der Waals surface area contributed by atoms with Crippen LogP contribution in [-0.4, -0.2) is 45.8 Å². The smallest absolute Gasteiger partial charge is 0.261 e. The summed E-state index contributed by atoms with van der Waals surface area (Å²) in [7, 11) is 5.67. The van der Waals surface area contributed by atoms with E-state index in [0.29, 0.717) is 36.5 Å². The molecule has 1 saturated carbocycles. The lowest BCUT2D eigenvalue weighted by atomic mass is 9.94. The van der Waals surface area contributed by atoms with Crippen molar-refractivity contribution >= 4 is 22.6 Å². The van der Waals surface area contributed by atoms with Crippen molar-refractivity contribution in [1.82, 2.24) is 19.8 Å². The van der Waals surface area contributed by atoms with Crippen molar-refractivity contribution in [2.75, 3.05) is 14.1 Å². The number of para-hydroxylation sites is 1. The van der Waals surface area contributed by atoms with Gasteiger partial charge in [-0.15, -0.1) is 0 Å². The van der Waals surface area contributed by atoms with E-state index >= 15 is 0 Å². The Labute approximate surface area is 224 Å². The van der Waals surface area contributed by atoms with Crippen LogP contribution in [0.1, 0.15) is 83.1 Å². The van der Waals surface area contributed by atoms with Crippen LogP contribution in [-0.2, 0) is 16.6 Å². The lowest BCUT2D eigenvalue weighted by Crippen LogP contribution is -2.55. The van der Waals surface area contributed by atoms with Crippen molar-refractivity contribution in [3.8, 4) is 11.3 Å². The number of rotatable bonds is 12. The molecular formula is C30H40N4O4. The molecule has 1 aliphatic rings. The first-order chi connectivity index (χ1) is 18.3. The minimum atomic E-state index is -0.532. The second kappa shape index (κ2) is 12.1. The number of likely N-dealkylation sites (N-methyl/N-ethyl adjacent to an activating group) is 1. The van der Waals surface area contributed by atoms with E-state index in [1.54, 1.807) is 17.8 Å². The fraction of sp³-hybridized carbons (Fsp3) is 0.533. The van der Waals surface area contributed by atoms with E-state index in [4.69, 9.17) is 4.42 Å². The first kappa shape index (κ1) is 27.8. The minimum Gasteiger partial charge on any atom is -0.438 e. The maximum atomic E-state index is 13.6. The Morgan fingerprint density at radius 3 is 2.61 bits per heavy atom. The van der Waals surface area contributed by atoms with Gasteiger partial charge in [0, 0.05) is 19.9 Å². The number of Topliss-reactive ketones (excluding diaryl/α,β-unsaturated/α-hetero) is 1. The third-order valence-electron chi connectivity index (χ3n) is 8.08. The summed E-state index contributed by atoms with van der Waals surface area (Å²) < 4.78 is 7.80. The molecule has 1 atom stereocenters. The van der Waals surface area contributed by atoms with Crippen molar-refractivity contribution in [2.24, 2.45) is 7.05 Å². The lowest BCUT2D eigenvalue weighted by molar-refractivity contribution is -0.133. The molecule has 3 aromatic rings. The molecule has 0 saturated heterocycles. The van der Waals surface area contributed by atoms with Gasteiger partial charge in [-0.2, -0.15) is 0 Å². The van der Waals surface area contributed by atoms with Gasteiger partial charge in [0.1, 0.15) is 11.8 Å².